The van der Waals surface area contributed by atoms with Gasteiger partial charge in [0.1, 0.15) is 11.8 Å². The number of nitriles is 1. The highest BCUT2D eigenvalue weighted by Gasteiger charge is 2.17. The van der Waals surface area contributed by atoms with Crippen LogP contribution in [0.25, 0.3) is 10.9 Å². The first-order chi connectivity index (χ1) is 13.0. The van der Waals surface area contributed by atoms with E-state index >= 15 is 0 Å². The normalized spacial score (nSPS) is 10.3. The summed E-state index contributed by atoms with van der Waals surface area (Å²) in [4.78, 5) is 18.0. The summed E-state index contributed by atoms with van der Waals surface area (Å²) in [5, 5.41) is 13.2. The van der Waals surface area contributed by atoms with Gasteiger partial charge in [0.2, 0.25) is 5.91 Å². The zero-order valence-corrected chi connectivity index (χ0v) is 15.5. The molecule has 27 heavy (non-hydrogen) atoms. The minimum Gasteiger partial charge on any atom is -0.492 e. The standard InChI is InChI=1S/C21H20N4O2/c1-4-27-20-11-18-17(10-19(20)24-14(2)26)21(15(12-22)13-23-18)25(3)16-8-6-5-7-9-16/h5-11,13H,4H2,1-3H3,(H,24,26). The van der Waals surface area contributed by atoms with Gasteiger partial charge in [0.15, 0.2) is 0 Å². The summed E-state index contributed by atoms with van der Waals surface area (Å²) in [5.74, 6) is 0.350. The molecule has 0 aliphatic carbocycles. The number of ether oxygens (including phenoxy) is 1. The third-order valence-corrected chi connectivity index (χ3v) is 4.15. The van der Waals surface area contributed by atoms with Gasteiger partial charge in [0.25, 0.3) is 0 Å². The predicted octanol–water partition coefficient (Wildman–Crippen LogP) is 4.23. The van der Waals surface area contributed by atoms with Gasteiger partial charge in [0.05, 0.1) is 29.1 Å². The highest BCUT2D eigenvalue weighted by atomic mass is 16.5. The van der Waals surface area contributed by atoms with Gasteiger partial charge >= 0.3 is 0 Å². The molecule has 0 fully saturated rings. The van der Waals surface area contributed by atoms with Gasteiger partial charge < -0.3 is 15.0 Å². The van der Waals surface area contributed by atoms with Crippen molar-refractivity contribution in [3.63, 3.8) is 0 Å². The maximum absolute atomic E-state index is 11.6. The lowest BCUT2D eigenvalue weighted by molar-refractivity contribution is -0.114. The molecular formula is C21H20N4O2. The van der Waals surface area contributed by atoms with Gasteiger partial charge in [-0.25, -0.2) is 0 Å². The number of nitrogens with zero attached hydrogens (tertiary/aromatic N) is 3. The molecule has 2 aromatic carbocycles. The van der Waals surface area contributed by atoms with Crippen LogP contribution in [0.2, 0.25) is 0 Å². The number of nitrogens with one attached hydrogen (secondary N) is 1. The van der Waals surface area contributed by atoms with Crippen LogP contribution in [0.1, 0.15) is 19.4 Å². The molecule has 0 radical (unpaired) electrons. The first-order valence-electron chi connectivity index (χ1n) is 8.61. The van der Waals surface area contributed by atoms with Gasteiger partial charge in [0, 0.05) is 37.3 Å². The fraction of sp³-hybridized carbons (Fsp3) is 0.190. The molecule has 1 heterocycles. The highest BCUT2D eigenvalue weighted by molar-refractivity contribution is 6.02. The summed E-state index contributed by atoms with van der Waals surface area (Å²) < 4.78 is 5.65. The molecule has 6 heteroatoms. The fourth-order valence-electron chi connectivity index (χ4n) is 2.99. The van der Waals surface area contributed by atoms with Crippen molar-refractivity contribution < 1.29 is 9.53 Å². The first-order valence-corrected chi connectivity index (χ1v) is 8.61. The largest absolute Gasteiger partial charge is 0.492 e. The van der Waals surface area contributed by atoms with Crippen LogP contribution in [-0.2, 0) is 4.79 Å². The van der Waals surface area contributed by atoms with Crippen LogP contribution in [0.3, 0.4) is 0 Å². The quantitative estimate of drug-likeness (QED) is 0.736. The predicted molar refractivity (Wildman–Crippen MR) is 106 cm³/mol. The summed E-state index contributed by atoms with van der Waals surface area (Å²) in [6, 6.07) is 15.6. The monoisotopic (exact) mass is 360 g/mol. The smallest absolute Gasteiger partial charge is 0.221 e. The van der Waals surface area contributed by atoms with Crippen molar-refractivity contribution in [2.45, 2.75) is 13.8 Å². The van der Waals surface area contributed by atoms with E-state index in [2.05, 4.69) is 16.4 Å². The molecule has 0 aliphatic heterocycles. The van der Waals surface area contributed by atoms with Crippen molar-refractivity contribution >= 4 is 33.9 Å². The molecule has 0 atom stereocenters. The molecule has 0 unspecified atom stereocenters. The van der Waals surface area contributed by atoms with Crippen LogP contribution in [-0.4, -0.2) is 24.5 Å². The minimum atomic E-state index is -0.197. The first kappa shape index (κ1) is 18.2. The van der Waals surface area contributed by atoms with Gasteiger partial charge in [-0.15, -0.1) is 0 Å². The van der Waals surface area contributed by atoms with Crippen molar-refractivity contribution in [2.24, 2.45) is 0 Å². The fourth-order valence-corrected chi connectivity index (χ4v) is 2.99. The van der Waals surface area contributed by atoms with E-state index in [1.807, 2.05) is 55.3 Å². The zero-order valence-electron chi connectivity index (χ0n) is 15.5. The molecule has 0 aliphatic rings. The number of hydrogen-bond acceptors (Lipinski definition) is 5. The molecule has 1 amide bonds. The topological polar surface area (TPSA) is 78.2 Å². The van der Waals surface area contributed by atoms with Gasteiger partial charge in [-0.2, -0.15) is 5.26 Å². The Balaban J connectivity index is 2.27. The Hall–Kier alpha value is -3.59. The van der Waals surface area contributed by atoms with E-state index in [0.717, 1.165) is 16.8 Å². The van der Waals surface area contributed by atoms with Crippen LogP contribution in [0, 0.1) is 11.3 Å². The second-order valence-electron chi connectivity index (χ2n) is 6.01. The maximum atomic E-state index is 11.6. The average Bonchev–Trinajstić information content (AvgIpc) is 2.67. The number of para-hydroxylation sites is 1. The Bertz CT molecular complexity index is 1030. The van der Waals surface area contributed by atoms with Gasteiger partial charge in [-0.05, 0) is 25.1 Å². The molecule has 6 nitrogen and oxygen atoms in total. The third kappa shape index (κ3) is 3.67. The van der Waals surface area contributed by atoms with Gasteiger partial charge in [-0.3, -0.25) is 9.78 Å². The average molecular weight is 360 g/mol. The Morgan fingerprint density at radius 2 is 2.04 bits per heavy atom. The molecular weight excluding hydrogens is 340 g/mol. The van der Waals surface area contributed by atoms with Crippen LogP contribution in [0.4, 0.5) is 17.1 Å². The summed E-state index contributed by atoms with van der Waals surface area (Å²) >= 11 is 0. The second kappa shape index (κ2) is 7.75. The lowest BCUT2D eigenvalue weighted by Crippen LogP contribution is -2.13. The van der Waals surface area contributed by atoms with Crippen molar-refractivity contribution in [1.82, 2.24) is 4.98 Å². The van der Waals surface area contributed by atoms with E-state index in [0.29, 0.717) is 29.1 Å². The summed E-state index contributed by atoms with van der Waals surface area (Å²) in [5.41, 5.74) is 3.35. The zero-order chi connectivity index (χ0) is 19.4. The van der Waals surface area contributed by atoms with E-state index in [-0.39, 0.29) is 5.91 Å². The van der Waals surface area contributed by atoms with Crippen molar-refractivity contribution in [2.75, 3.05) is 23.9 Å². The van der Waals surface area contributed by atoms with E-state index in [9.17, 15) is 10.1 Å². The molecule has 0 spiro atoms. The maximum Gasteiger partial charge on any atom is 0.221 e. The van der Waals surface area contributed by atoms with Crippen molar-refractivity contribution in [1.29, 1.82) is 5.26 Å². The lowest BCUT2D eigenvalue weighted by Gasteiger charge is -2.23. The number of rotatable bonds is 5. The number of hydrogen-bond donors (Lipinski definition) is 1. The van der Waals surface area contributed by atoms with Crippen LogP contribution < -0.4 is 15.0 Å². The van der Waals surface area contributed by atoms with E-state index in [4.69, 9.17) is 4.74 Å². The Labute approximate surface area is 158 Å². The number of fused-ring (bicyclic) bond motifs is 1. The number of benzene rings is 2. The number of aromatic nitrogens is 1. The molecule has 1 N–H and O–H groups in total. The minimum absolute atomic E-state index is 0.197. The molecule has 0 bridgehead atoms. The number of anilines is 3. The van der Waals surface area contributed by atoms with E-state index in [1.54, 1.807) is 12.3 Å². The van der Waals surface area contributed by atoms with E-state index < -0.39 is 0 Å². The van der Waals surface area contributed by atoms with Crippen LogP contribution in [0.5, 0.6) is 5.75 Å². The number of amides is 1. The van der Waals surface area contributed by atoms with Gasteiger partial charge in [-0.1, -0.05) is 18.2 Å². The summed E-state index contributed by atoms with van der Waals surface area (Å²) in [7, 11) is 1.90. The summed E-state index contributed by atoms with van der Waals surface area (Å²) in [6.45, 7) is 3.79. The number of carbonyl (C=O) groups is 1. The Kier molecular flexibility index (Phi) is 5.23. The number of pyridine rings is 1. The summed E-state index contributed by atoms with van der Waals surface area (Å²) in [6.07, 6.45) is 1.56. The molecule has 1 aromatic heterocycles. The highest BCUT2D eigenvalue weighted by Crippen LogP contribution is 2.38. The SMILES string of the molecule is CCOc1cc2ncc(C#N)c(N(C)c3ccccc3)c2cc1NC(C)=O. The molecule has 136 valence electrons. The third-order valence-electron chi connectivity index (χ3n) is 4.15. The molecule has 3 aromatic rings. The van der Waals surface area contributed by atoms with Crippen LogP contribution in [0.15, 0.2) is 48.7 Å². The molecule has 0 saturated heterocycles. The lowest BCUT2D eigenvalue weighted by atomic mass is 10.1. The Morgan fingerprint density at radius 1 is 1.30 bits per heavy atom. The van der Waals surface area contributed by atoms with Crippen molar-refractivity contribution in [3.05, 3.63) is 54.2 Å². The molecule has 3 rings (SSSR count). The number of carbonyl (C=O) groups excluding carboxylic acids is 1. The van der Waals surface area contributed by atoms with E-state index in [1.165, 1.54) is 6.92 Å². The molecule has 0 saturated carbocycles. The van der Waals surface area contributed by atoms with Crippen LogP contribution >= 0.6 is 0 Å². The Morgan fingerprint density at radius 3 is 2.67 bits per heavy atom. The second-order valence-corrected chi connectivity index (χ2v) is 6.01. The van der Waals surface area contributed by atoms with Crippen molar-refractivity contribution in [3.8, 4) is 11.8 Å².